The number of carbonyl (C=O) groups is 2. The molecule has 1 aliphatic heterocycles. The van der Waals surface area contributed by atoms with Gasteiger partial charge < -0.3 is 4.74 Å². The van der Waals surface area contributed by atoms with Crippen LogP contribution in [0.5, 0.6) is 0 Å². The van der Waals surface area contributed by atoms with Crippen LogP contribution in [0.15, 0.2) is 0 Å². The smallest absolute Gasteiger partial charge is 0.317 e. The normalized spacial score (nSPS) is 49.7. The molecule has 1 heterocycles. The van der Waals surface area contributed by atoms with Crippen molar-refractivity contribution in [2.45, 2.75) is 19.3 Å². The van der Waals surface area contributed by atoms with Crippen LogP contribution in [0.25, 0.3) is 0 Å². The van der Waals surface area contributed by atoms with Crippen LogP contribution in [0.1, 0.15) is 19.3 Å². The Hall–Kier alpha value is -0.860. The molecule has 0 spiro atoms. The molecule has 0 aromatic carbocycles. The van der Waals surface area contributed by atoms with Gasteiger partial charge in [0.15, 0.2) is 0 Å². The van der Waals surface area contributed by atoms with Crippen LogP contribution in [0.2, 0.25) is 0 Å². The number of carbonyl (C=O) groups excluding carboxylic acids is 2. The molecular weight excluding hydrogens is 156 g/mol. The maximum atomic E-state index is 11.2. The molecule has 0 radical (unpaired) electrons. The molecule has 0 N–H and O–H groups in total. The fourth-order valence-corrected chi connectivity index (χ4v) is 3.20. The Kier molecular flexibility index (Phi) is 1.05. The average Bonchev–Trinajstić information content (AvgIpc) is 2.64. The lowest BCUT2D eigenvalue weighted by molar-refractivity contribution is -0.154. The molecule has 0 unspecified atom stereocenters. The second-order valence-electron chi connectivity index (χ2n) is 4.12. The van der Waals surface area contributed by atoms with Gasteiger partial charge in [-0.1, -0.05) is 0 Å². The Morgan fingerprint density at radius 1 is 1.00 bits per heavy atom. The summed E-state index contributed by atoms with van der Waals surface area (Å²) in [5.41, 5.74) is 0. The van der Waals surface area contributed by atoms with Gasteiger partial charge in [-0.15, -0.1) is 0 Å². The molecule has 2 bridgehead atoms. The molecule has 3 heteroatoms. The minimum absolute atomic E-state index is 0.0590. The van der Waals surface area contributed by atoms with Gasteiger partial charge in [0.2, 0.25) is 0 Å². The van der Waals surface area contributed by atoms with Crippen LogP contribution in [0.4, 0.5) is 0 Å². The second-order valence-corrected chi connectivity index (χ2v) is 4.12. The summed E-state index contributed by atoms with van der Waals surface area (Å²) in [7, 11) is 0. The highest BCUT2D eigenvalue weighted by Gasteiger charge is 2.59. The zero-order valence-electron chi connectivity index (χ0n) is 6.66. The van der Waals surface area contributed by atoms with Gasteiger partial charge in [0.05, 0.1) is 11.8 Å². The molecule has 3 nitrogen and oxygen atoms in total. The molecule has 0 aromatic rings. The van der Waals surface area contributed by atoms with Crippen LogP contribution in [0.3, 0.4) is 0 Å². The van der Waals surface area contributed by atoms with E-state index in [-0.39, 0.29) is 23.8 Å². The van der Waals surface area contributed by atoms with E-state index < -0.39 is 0 Å². The van der Waals surface area contributed by atoms with Crippen molar-refractivity contribution < 1.29 is 14.3 Å². The summed E-state index contributed by atoms with van der Waals surface area (Å²) in [5, 5.41) is 0. The molecule has 1 saturated heterocycles. The summed E-state index contributed by atoms with van der Waals surface area (Å²) in [4.78, 5) is 22.4. The lowest BCUT2D eigenvalue weighted by Gasteiger charge is -2.17. The number of esters is 2. The molecule has 4 atom stereocenters. The third kappa shape index (κ3) is 0.586. The first kappa shape index (κ1) is 6.63. The maximum Gasteiger partial charge on any atom is 0.317 e. The third-order valence-electron chi connectivity index (χ3n) is 3.66. The van der Waals surface area contributed by atoms with Crippen molar-refractivity contribution in [3.63, 3.8) is 0 Å². The van der Waals surface area contributed by atoms with Gasteiger partial charge in [0, 0.05) is 0 Å². The Morgan fingerprint density at radius 2 is 1.50 bits per heavy atom. The Balaban J connectivity index is 2.03. The first-order chi connectivity index (χ1) is 5.77. The Bertz CT molecular complexity index is 245. The highest BCUT2D eigenvalue weighted by Crippen LogP contribution is 2.55. The molecule has 0 aromatic heterocycles. The quantitative estimate of drug-likeness (QED) is 0.393. The van der Waals surface area contributed by atoms with E-state index in [1.165, 1.54) is 0 Å². The zero-order valence-corrected chi connectivity index (χ0v) is 6.66. The van der Waals surface area contributed by atoms with Gasteiger partial charge in [-0.3, -0.25) is 9.59 Å². The SMILES string of the molecule is O=C1OC(=O)[C@H]2[C@H]3CC[C@H](C3)[C@@H]12. The van der Waals surface area contributed by atoms with Gasteiger partial charge in [-0.25, -0.2) is 0 Å². The van der Waals surface area contributed by atoms with Crippen LogP contribution >= 0.6 is 0 Å². The number of ether oxygens (including phenoxy) is 1. The lowest BCUT2D eigenvalue weighted by Crippen LogP contribution is -2.24. The van der Waals surface area contributed by atoms with E-state index in [1.807, 2.05) is 0 Å². The van der Waals surface area contributed by atoms with E-state index in [1.54, 1.807) is 0 Å². The monoisotopic (exact) mass is 166 g/mol. The predicted molar refractivity (Wildman–Crippen MR) is 38.9 cm³/mol. The molecule has 2 saturated carbocycles. The summed E-state index contributed by atoms with van der Waals surface area (Å²) >= 11 is 0. The first-order valence-electron chi connectivity index (χ1n) is 4.53. The number of hydrogen-bond donors (Lipinski definition) is 0. The summed E-state index contributed by atoms with van der Waals surface area (Å²) in [6.07, 6.45) is 3.32. The zero-order chi connectivity index (χ0) is 8.29. The average molecular weight is 166 g/mol. The van der Waals surface area contributed by atoms with Crippen LogP contribution in [-0.2, 0) is 14.3 Å². The van der Waals surface area contributed by atoms with E-state index >= 15 is 0 Å². The van der Waals surface area contributed by atoms with Crippen molar-refractivity contribution in [1.82, 2.24) is 0 Å². The number of fused-ring (bicyclic) bond motifs is 5. The molecule has 12 heavy (non-hydrogen) atoms. The predicted octanol–water partition coefficient (Wildman–Crippen LogP) is 0.732. The number of cyclic esters (lactones) is 2. The summed E-state index contributed by atoms with van der Waals surface area (Å²) < 4.78 is 4.63. The number of rotatable bonds is 0. The standard InChI is InChI=1S/C9H10O3/c10-8-6-4-1-2-5(3-4)7(6)9(11)12-8/h4-7H,1-3H2/t4-,5+,6-,7+. The van der Waals surface area contributed by atoms with Crippen LogP contribution in [0, 0.1) is 23.7 Å². The van der Waals surface area contributed by atoms with E-state index in [4.69, 9.17) is 0 Å². The van der Waals surface area contributed by atoms with Crippen LogP contribution < -0.4 is 0 Å². The van der Waals surface area contributed by atoms with Crippen LogP contribution in [-0.4, -0.2) is 11.9 Å². The maximum absolute atomic E-state index is 11.2. The molecule has 3 rings (SSSR count). The fraction of sp³-hybridized carbons (Fsp3) is 0.778. The summed E-state index contributed by atoms with van der Waals surface area (Å²) in [6, 6.07) is 0. The molecular formula is C9H10O3. The van der Waals surface area contributed by atoms with Gasteiger partial charge in [0.25, 0.3) is 0 Å². The molecule has 3 aliphatic rings. The van der Waals surface area contributed by atoms with E-state index in [2.05, 4.69) is 4.74 Å². The third-order valence-corrected chi connectivity index (χ3v) is 3.66. The van der Waals surface area contributed by atoms with Gasteiger partial charge >= 0.3 is 11.9 Å². The molecule has 2 aliphatic carbocycles. The topological polar surface area (TPSA) is 43.4 Å². The van der Waals surface area contributed by atoms with Crippen molar-refractivity contribution in [3.8, 4) is 0 Å². The minimum atomic E-state index is -0.253. The highest BCUT2D eigenvalue weighted by atomic mass is 16.6. The first-order valence-corrected chi connectivity index (χ1v) is 4.53. The minimum Gasteiger partial charge on any atom is -0.393 e. The fourth-order valence-electron chi connectivity index (χ4n) is 3.20. The van der Waals surface area contributed by atoms with E-state index in [0.717, 1.165) is 19.3 Å². The van der Waals surface area contributed by atoms with Crippen molar-refractivity contribution in [2.75, 3.05) is 0 Å². The van der Waals surface area contributed by atoms with Crippen molar-refractivity contribution in [2.24, 2.45) is 23.7 Å². The van der Waals surface area contributed by atoms with Gasteiger partial charge in [0.1, 0.15) is 0 Å². The summed E-state index contributed by atoms with van der Waals surface area (Å²) in [5.74, 6) is 0.291. The lowest BCUT2D eigenvalue weighted by atomic mass is 9.81. The van der Waals surface area contributed by atoms with E-state index in [0.29, 0.717) is 11.8 Å². The summed E-state index contributed by atoms with van der Waals surface area (Å²) in [6.45, 7) is 0. The molecule has 3 fully saturated rings. The Morgan fingerprint density at radius 3 is 2.00 bits per heavy atom. The van der Waals surface area contributed by atoms with E-state index in [9.17, 15) is 9.59 Å². The Labute approximate surface area is 70.1 Å². The van der Waals surface area contributed by atoms with Gasteiger partial charge in [-0.2, -0.15) is 0 Å². The largest absolute Gasteiger partial charge is 0.393 e. The molecule has 64 valence electrons. The van der Waals surface area contributed by atoms with Gasteiger partial charge in [-0.05, 0) is 31.1 Å². The highest BCUT2D eigenvalue weighted by molar-refractivity contribution is 5.97. The van der Waals surface area contributed by atoms with Crippen molar-refractivity contribution >= 4 is 11.9 Å². The number of hydrogen-bond acceptors (Lipinski definition) is 3. The van der Waals surface area contributed by atoms with Crippen molar-refractivity contribution in [3.05, 3.63) is 0 Å². The van der Waals surface area contributed by atoms with Crippen molar-refractivity contribution in [1.29, 1.82) is 0 Å². The second kappa shape index (κ2) is 1.90. The molecule has 0 amide bonds.